The van der Waals surface area contributed by atoms with Gasteiger partial charge < -0.3 is 16.4 Å². The Labute approximate surface area is 141 Å². The minimum absolute atomic E-state index is 0.0481. The molecule has 1 atom stereocenters. The van der Waals surface area contributed by atoms with Crippen molar-refractivity contribution in [2.45, 2.75) is 31.8 Å². The van der Waals surface area contributed by atoms with Crippen LogP contribution in [0.5, 0.6) is 0 Å². The molecular formula is C19H21N3O2. The van der Waals surface area contributed by atoms with Gasteiger partial charge in [0.1, 0.15) is 0 Å². The first kappa shape index (κ1) is 16.1. The molecule has 0 fully saturated rings. The third-order valence-corrected chi connectivity index (χ3v) is 4.34. The van der Waals surface area contributed by atoms with Crippen molar-refractivity contribution in [2.24, 2.45) is 5.73 Å². The Morgan fingerprint density at radius 3 is 2.79 bits per heavy atom. The SMILES string of the molecule is NC(=O)c1cccc(CNC(=O)NC2CCCc3ccccc32)c1. The molecule has 1 aliphatic carbocycles. The molecule has 0 spiro atoms. The van der Waals surface area contributed by atoms with Crippen LogP contribution in [0.3, 0.4) is 0 Å². The molecule has 124 valence electrons. The molecule has 0 aliphatic heterocycles. The molecule has 2 aromatic rings. The van der Waals surface area contributed by atoms with E-state index < -0.39 is 5.91 Å². The van der Waals surface area contributed by atoms with E-state index in [4.69, 9.17) is 5.73 Å². The van der Waals surface area contributed by atoms with Gasteiger partial charge in [-0.05, 0) is 48.1 Å². The lowest BCUT2D eigenvalue weighted by atomic mass is 9.88. The van der Waals surface area contributed by atoms with Crippen LogP contribution in [0.25, 0.3) is 0 Å². The standard InChI is InChI=1S/C19H21N3O2/c20-18(23)15-8-3-5-13(11-15)12-21-19(24)22-17-10-4-7-14-6-1-2-9-16(14)17/h1-3,5-6,8-9,11,17H,4,7,10,12H2,(H2,20,23)(H2,21,22,24). The average Bonchev–Trinajstić information content (AvgIpc) is 2.60. The van der Waals surface area contributed by atoms with Crippen LogP contribution in [0.4, 0.5) is 4.79 Å². The Hall–Kier alpha value is -2.82. The first-order valence-corrected chi connectivity index (χ1v) is 8.14. The van der Waals surface area contributed by atoms with Crippen molar-refractivity contribution in [3.63, 3.8) is 0 Å². The van der Waals surface area contributed by atoms with Crippen molar-refractivity contribution in [3.05, 3.63) is 70.8 Å². The number of hydrogen-bond acceptors (Lipinski definition) is 2. The van der Waals surface area contributed by atoms with Gasteiger partial charge in [0.05, 0.1) is 6.04 Å². The number of aryl methyl sites for hydroxylation is 1. The number of carbonyl (C=O) groups excluding carboxylic acids is 2. The number of fused-ring (bicyclic) bond motifs is 1. The Balaban J connectivity index is 1.59. The van der Waals surface area contributed by atoms with Crippen molar-refractivity contribution in [1.82, 2.24) is 10.6 Å². The topological polar surface area (TPSA) is 84.2 Å². The van der Waals surface area contributed by atoms with Gasteiger partial charge in [0.15, 0.2) is 0 Å². The lowest BCUT2D eigenvalue weighted by Crippen LogP contribution is -2.38. The molecule has 5 heteroatoms. The zero-order valence-electron chi connectivity index (χ0n) is 13.4. The maximum absolute atomic E-state index is 12.2. The highest BCUT2D eigenvalue weighted by Crippen LogP contribution is 2.29. The van der Waals surface area contributed by atoms with Crippen LogP contribution in [-0.4, -0.2) is 11.9 Å². The van der Waals surface area contributed by atoms with Crippen LogP contribution in [0.1, 0.15) is 45.9 Å². The van der Waals surface area contributed by atoms with Crippen LogP contribution in [0.15, 0.2) is 48.5 Å². The van der Waals surface area contributed by atoms with E-state index in [9.17, 15) is 9.59 Å². The van der Waals surface area contributed by atoms with Gasteiger partial charge >= 0.3 is 6.03 Å². The number of primary amides is 1. The second-order valence-corrected chi connectivity index (χ2v) is 6.04. The Bertz CT molecular complexity index is 758. The highest BCUT2D eigenvalue weighted by atomic mass is 16.2. The number of rotatable bonds is 4. The molecule has 0 radical (unpaired) electrons. The van der Waals surface area contributed by atoms with Crippen molar-refractivity contribution in [2.75, 3.05) is 0 Å². The molecule has 3 rings (SSSR count). The Morgan fingerprint density at radius 1 is 1.12 bits per heavy atom. The van der Waals surface area contributed by atoms with Crippen molar-refractivity contribution in [1.29, 1.82) is 0 Å². The summed E-state index contributed by atoms with van der Waals surface area (Å²) < 4.78 is 0. The normalized spacial score (nSPS) is 16.1. The summed E-state index contributed by atoms with van der Waals surface area (Å²) in [6.07, 6.45) is 3.08. The summed E-state index contributed by atoms with van der Waals surface area (Å²) in [5.41, 5.74) is 9.06. The smallest absolute Gasteiger partial charge is 0.315 e. The fourth-order valence-corrected chi connectivity index (χ4v) is 3.13. The first-order valence-electron chi connectivity index (χ1n) is 8.14. The molecule has 5 nitrogen and oxygen atoms in total. The van der Waals surface area contributed by atoms with Gasteiger partial charge in [0.25, 0.3) is 0 Å². The molecule has 0 bridgehead atoms. The monoisotopic (exact) mass is 323 g/mol. The van der Waals surface area contributed by atoms with Gasteiger partial charge in [0.2, 0.25) is 5.91 Å². The number of urea groups is 1. The zero-order valence-corrected chi connectivity index (χ0v) is 13.4. The molecule has 24 heavy (non-hydrogen) atoms. The van der Waals surface area contributed by atoms with Crippen molar-refractivity contribution in [3.8, 4) is 0 Å². The summed E-state index contributed by atoms with van der Waals surface area (Å²) >= 11 is 0. The third-order valence-electron chi connectivity index (χ3n) is 4.34. The third kappa shape index (κ3) is 3.74. The van der Waals surface area contributed by atoms with E-state index in [2.05, 4.69) is 22.8 Å². The molecule has 0 heterocycles. The van der Waals surface area contributed by atoms with E-state index in [-0.39, 0.29) is 12.1 Å². The Kier molecular flexibility index (Phi) is 4.79. The Morgan fingerprint density at radius 2 is 1.96 bits per heavy atom. The molecule has 1 unspecified atom stereocenters. The maximum atomic E-state index is 12.2. The summed E-state index contributed by atoms with van der Waals surface area (Å²) in [5, 5.41) is 5.88. The van der Waals surface area contributed by atoms with Gasteiger partial charge in [-0.2, -0.15) is 0 Å². The molecule has 4 N–H and O–H groups in total. The van der Waals surface area contributed by atoms with Crippen LogP contribution in [-0.2, 0) is 13.0 Å². The van der Waals surface area contributed by atoms with Crippen molar-refractivity contribution < 1.29 is 9.59 Å². The quantitative estimate of drug-likeness (QED) is 0.808. The number of amides is 3. The number of carbonyl (C=O) groups is 2. The van der Waals surface area contributed by atoms with E-state index in [0.29, 0.717) is 12.1 Å². The number of nitrogens with two attached hydrogens (primary N) is 1. The highest BCUT2D eigenvalue weighted by Gasteiger charge is 2.21. The average molecular weight is 323 g/mol. The van der Waals surface area contributed by atoms with Crippen LogP contribution in [0, 0.1) is 0 Å². The molecule has 0 aromatic heterocycles. The highest BCUT2D eigenvalue weighted by molar-refractivity contribution is 5.92. The lowest BCUT2D eigenvalue weighted by molar-refractivity contribution is 0.1000. The molecule has 1 aliphatic rings. The van der Waals surface area contributed by atoms with Crippen LogP contribution >= 0.6 is 0 Å². The van der Waals surface area contributed by atoms with E-state index >= 15 is 0 Å². The van der Waals surface area contributed by atoms with E-state index in [0.717, 1.165) is 24.8 Å². The summed E-state index contributed by atoms with van der Waals surface area (Å²) in [6.45, 7) is 0.349. The molecule has 0 saturated heterocycles. The molecule has 2 aromatic carbocycles. The summed E-state index contributed by atoms with van der Waals surface area (Å²) in [4.78, 5) is 23.4. The van der Waals surface area contributed by atoms with E-state index in [1.165, 1.54) is 11.1 Å². The van der Waals surface area contributed by atoms with Gasteiger partial charge in [-0.25, -0.2) is 4.79 Å². The van der Waals surface area contributed by atoms with Crippen LogP contribution in [0.2, 0.25) is 0 Å². The zero-order chi connectivity index (χ0) is 16.9. The minimum Gasteiger partial charge on any atom is -0.366 e. The molecule has 3 amide bonds. The van der Waals surface area contributed by atoms with E-state index in [1.807, 2.05) is 18.2 Å². The van der Waals surface area contributed by atoms with Gasteiger partial charge in [-0.1, -0.05) is 36.4 Å². The van der Waals surface area contributed by atoms with Crippen molar-refractivity contribution >= 4 is 11.9 Å². The number of hydrogen-bond donors (Lipinski definition) is 3. The molecular weight excluding hydrogens is 302 g/mol. The number of benzene rings is 2. The predicted octanol–water partition coefficient (Wildman–Crippen LogP) is 2.66. The fourth-order valence-electron chi connectivity index (χ4n) is 3.13. The summed E-state index contributed by atoms with van der Waals surface area (Å²) in [6, 6.07) is 15.0. The first-order chi connectivity index (χ1) is 11.6. The second-order valence-electron chi connectivity index (χ2n) is 6.04. The van der Waals surface area contributed by atoms with Gasteiger partial charge in [-0.3, -0.25) is 4.79 Å². The summed E-state index contributed by atoms with van der Waals surface area (Å²) in [7, 11) is 0. The second kappa shape index (κ2) is 7.17. The molecule has 0 saturated carbocycles. The fraction of sp³-hybridized carbons (Fsp3) is 0.263. The van der Waals surface area contributed by atoms with Crippen LogP contribution < -0.4 is 16.4 Å². The lowest BCUT2D eigenvalue weighted by Gasteiger charge is -2.26. The van der Waals surface area contributed by atoms with E-state index in [1.54, 1.807) is 18.2 Å². The number of nitrogens with one attached hydrogen (secondary N) is 2. The summed E-state index contributed by atoms with van der Waals surface area (Å²) in [5.74, 6) is -0.472. The maximum Gasteiger partial charge on any atom is 0.315 e. The minimum atomic E-state index is -0.472. The van der Waals surface area contributed by atoms with Gasteiger partial charge in [0, 0.05) is 12.1 Å². The largest absolute Gasteiger partial charge is 0.366 e. The predicted molar refractivity (Wildman–Crippen MR) is 92.5 cm³/mol. The van der Waals surface area contributed by atoms with Gasteiger partial charge in [-0.15, -0.1) is 0 Å².